The quantitative estimate of drug-likeness (QED) is 0.625. The number of aryl methyl sites for hydroxylation is 2. The van der Waals surface area contributed by atoms with E-state index < -0.39 is 0 Å². The highest BCUT2D eigenvalue weighted by Gasteiger charge is 2.28. The molecule has 126 valence electrons. The van der Waals surface area contributed by atoms with Gasteiger partial charge in [-0.1, -0.05) is 59.1 Å². The van der Waals surface area contributed by atoms with E-state index in [0.717, 1.165) is 17.2 Å². The molecular formula is C20H19ClN4. The number of aromatic nitrogens is 2. The molecule has 2 aromatic carbocycles. The molecule has 4 rings (SSSR count). The Hall–Kier alpha value is -2.59. The molecule has 1 aliphatic rings. The van der Waals surface area contributed by atoms with E-state index in [1.54, 1.807) is 0 Å². The summed E-state index contributed by atoms with van der Waals surface area (Å²) in [5.74, 6) is 0.778. The Morgan fingerprint density at radius 2 is 1.72 bits per heavy atom. The standard InChI is InChI=1S/C20H19ClN4/c1-12-4-7-14(8-5-12)17-15-10-13(2)6-9-16(15)25(3)20-18(24-17)19(21)22-11-23-20/h4-11,17,24H,1-3H3. The summed E-state index contributed by atoms with van der Waals surface area (Å²) in [6, 6.07) is 15.0. The van der Waals surface area contributed by atoms with Gasteiger partial charge in [0.1, 0.15) is 12.0 Å². The van der Waals surface area contributed by atoms with Crippen LogP contribution >= 0.6 is 11.6 Å². The zero-order valence-corrected chi connectivity index (χ0v) is 15.2. The van der Waals surface area contributed by atoms with Crippen molar-refractivity contribution < 1.29 is 0 Å². The molecule has 5 heteroatoms. The second-order valence-corrected chi connectivity index (χ2v) is 6.83. The van der Waals surface area contributed by atoms with Gasteiger partial charge in [-0.3, -0.25) is 0 Å². The van der Waals surface area contributed by atoms with Crippen molar-refractivity contribution in [1.29, 1.82) is 0 Å². The van der Waals surface area contributed by atoms with Crippen LogP contribution in [0.2, 0.25) is 5.15 Å². The first-order valence-corrected chi connectivity index (χ1v) is 8.60. The number of nitrogens with one attached hydrogen (secondary N) is 1. The van der Waals surface area contributed by atoms with Crippen molar-refractivity contribution in [3.63, 3.8) is 0 Å². The van der Waals surface area contributed by atoms with E-state index in [4.69, 9.17) is 11.6 Å². The Bertz CT molecular complexity index is 937. The van der Waals surface area contributed by atoms with E-state index in [1.807, 2.05) is 7.05 Å². The van der Waals surface area contributed by atoms with E-state index in [2.05, 4.69) is 76.5 Å². The van der Waals surface area contributed by atoms with Crippen LogP contribution in [0.5, 0.6) is 0 Å². The lowest BCUT2D eigenvalue weighted by Crippen LogP contribution is -2.13. The highest BCUT2D eigenvalue weighted by atomic mass is 35.5. The molecule has 4 nitrogen and oxygen atoms in total. The van der Waals surface area contributed by atoms with Crippen molar-refractivity contribution in [2.24, 2.45) is 0 Å². The van der Waals surface area contributed by atoms with E-state index in [9.17, 15) is 0 Å². The molecule has 3 aromatic rings. The smallest absolute Gasteiger partial charge is 0.161 e. The summed E-state index contributed by atoms with van der Waals surface area (Å²) < 4.78 is 0. The molecule has 1 unspecified atom stereocenters. The van der Waals surface area contributed by atoms with Crippen LogP contribution in [-0.2, 0) is 0 Å². The van der Waals surface area contributed by atoms with E-state index in [0.29, 0.717) is 5.15 Å². The SMILES string of the molecule is Cc1ccc(C2Nc3c(Cl)ncnc3N(C)c3ccc(C)cc32)cc1. The molecule has 0 bridgehead atoms. The predicted octanol–water partition coefficient (Wildman–Crippen LogP) is 5.03. The van der Waals surface area contributed by atoms with Crippen molar-refractivity contribution >= 4 is 28.8 Å². The molecule has 2 heterocycles. The van der Waals surface area contributed by atoms with Crippen LogP contribution in [0.4, 0.5) is 17.2 Å². The largest absolute Gasteiger partial charge is 0.369 e. The fourth-order valence-corrected chi connectivity index (χ4v) is 3.49. The zero-order valence-electron chi connectivity index (χ0n) is 14.4. The number of rotatable bonds is 1. The monoisotopic (exact) mass is 350 g/mol. The average molecular weight is 351 g/mol. The van der Waals surface area contributed by atoms with Gasteiger partial charge in [-0.05, 0) is 25.5 Å². The Morgan fingerprint density at radius 1 is 1.00 bits per heavy atom. The van der Waals surface area contributed by atoms with Gasteiger partial charge in [-0.15, -0.1) is 0 Å². The Morgan fingerprint density at radius 3 is 2.48 bits per heavy atom. The Balaban J connectivity index is 1.97. The number of fused-ring (bicyclic) bond motifs is 2. The lowest BCUT2D eigenvalue weighted by atomic mass is 9.95. The molecule has 1 atom stereocenters. The Kier molecular flexibility index (Phi) is 3.85. The molecular weight excluding hydrogens is 332 g/mol. The highest BCUT2D eigenvalue weighted by molar-refractivity contribution is 6.32. The van der Waals surface area contributed by atoms with Crippen molar-refractivity contribution in [3.05, 3.63) is 76.2 Å². The minimum Gasteiger partial charge on any atom is -0.369 e. The van der Waals surface area contributed by atoms with E-state index in [-0.39, 0.29) is 6.04 Å². The zero-order chi connectivity index (χ0) is 17.6. The molecule has 0 amide bonds. The molecule has 0 fully saturated rings. The van der Waals surface area contributed by atoms with Gasteiger partial charge in [0.25, 0.3) is 0 Å². The normalized spacial score (nSPS) is 15.8. The first-order chi connectivity index (χ1) is 12.0. The lowest BCUT2D eigenvalue weighted by Gasteiger charge is -2.22. The molecule has 0 saturated heterocycles. The van der Waals surface area contributed by atoms with E-state index >= 15 is 0 Å². The van der Waals surface area contributed by atoms with Gasteiger partial charge in [-0.25, -0.2) is 9.97 Å². The molecule has 0 radical (unpaired) electrons. The number of halogens is 1. The van der Waals surface area contributed by atoms with Gasteiger partial charge < -0.3 is 10.2 Å². The summed E-state index contributed by atoms with van der Waals surface area (Å²) in [6.07, 6.45) is 1.50. The first kappa shape index (κ1) is 15.9. The van der Waals surface area contributed by atoms with Crippen LogP contribution in [0.15, 0.2) is 48.8 Å². The third kappa shape index (κ3) is 2.72. The summed E-state index contributed by atoms with van der Waals surface area (Å²) in [4.78, 5) is 10.7. The van der Waals surface area contributed by atoms with Gasteiger partial charge in [0.15, 0.2) is 11.0 Å². The minimum atomic E-state index is -0.0253. The minimum absolute atomic E-state index is 0.0253. The van der Waals surface area contributed by atoms with Gasteiger partial charge in [0, 0.05) is 18.3 Å². The first-order valence-electron chi connectivity index (χ1n) is 8.22. The number of hydrogen-bond acceptors (Lipinski definition) is 4. The maximum atomic E-state index is 6.39. The highest BCUT2D eigenvalue weighted by Crippen LogP contribution is 2.44. The van der Waals surface area contributed by atoms with Crippen LogP contribution in [-0.4, -0.2) is 17.0 Å². The maximum Gasteiger partial charge on any atom is 0.161 e. The summed E-state index contributed by atoms with van der Waals surface area (Å²) in [5, 5.41) is 4.01. The molecule has 1 aliphatic heterocycles. The second kappa shape index (κ2) is 6.05. The van der Waals surface area contributed by atoms with Gasteiger partial charge in [0.2, 0.25) is 0 Å². The van der Waals surface area contributed by atoms with Crippen molar-refractivity contribution in [2.75, 3.05) is 17.3 Å². The van der Waals surface area contributed by atoms with Crippen LogP contribution in [0.3, 0.4) is 0 Å². The molecule has 0 aliphatic carbocycles. The summed E-state index contributed by atoms with van der Waals surface area (Å²) in [7, 11) is 2.01. The number of benzene rings is 2. The van der Waals surface area contributed by atoms with Crippen molar-refractivity contribution in [3.8, 4) is 0 Å². The molecule has 0 saturated carbocycles. The van der Waals surface area contributed by atoms with Crippen LogP contribution in [0.1, 0.15) is 28.3 Å². The average Bonchev–Trinajstić information content (AvgIpc) is 2.72. The number of nitrogens with zero attached hydrogens (tertiary/aromatic N) is 3. The molecule has 25 heavy (non-hydrogen) atoms. The lowest BCUT2D eigenvalue weighted by molar-refractivity contribution is 0.940. The van der Waals surface area contributed by atoms with Crippen LogP contribution in [0.25, 0.3) is 0 Å². The topological polar surface area (TPSA) is 41.1 Å². The fourth-order valence-electron chi connectivity index (χ4n) is 3.30. The summed E-state index contributed by atoms with van der Waals surface area (Å²) >= 11 is 6.39. The van der Waals surface area contributed by atoms with E-state index in [1.165, 1.54) is 28.6 Å². The summed E-state index contributed by atoms with van der Waals surface area (Å²) in [5.41, 5.74) is 6.69. The van der Waals surface area contributed by atoms with Crippen molar-refractivity contribution in [2.45, 2.75) is 19.9 Å². The molecule has 0 spiro atoms. The van der Waals surface area contributed by atoms with Gasteiger partial charge in [-0.2, -0.15) is 0 Å². The molecule has 1 N–H and O–H groups in total. The summed E-state index contributed by atoms with van der Waals surface area (Å²) in [6.45, 7) is 4.20. The second-order valence-electron chi connectivity index (χ2n) is 6.47. The van der Waals surface area contributed by atoms with Gasteiger partial charge in [0.05, 0.1) is 6.04 Å². The van der Waals surface area contributed by atoms with Gasteiger partial charge >= 0.3 is 0 Å². The predicted molar refractivity (Wildman–Crippen MR) is 103 cm³/mol. The third-order valence-corrected chi connectivity index (χ3v) is 4.94. The maximum absolute atomic E-state index is 6.39. The number of hydrogen-bond donors (Lipinski definition) is 1. The van der Waals surface area contributed by atoms with Crippen molar-refractivity contribution in [1.82, 2.24) is 9.97 Å². The van der Waals surface area contributed by atoms with Crippen LogP contribution < -0.4 is 10.2 Å². The van der Waals surface area contributed by atoms with Crippen LogP contribution in [0, 0.1) is 13.8 Å². The Labute approximate surface area is 152 Å². The fraction of sp³-hybridized carbons (Fsp3) is 0.200. The number of anilines is 3. The molecule has 1 aromatic heterocycles. The third-order valence-electron chi connectivity index (χ3n) is 4.65.